The first-order valence-electron chi connectivity index (χ1n) is 10.5. The third kappa shape index (κ3) is 3.95. The Bertz CT molecular complexity index is 1130. The van der Waals surface area contributed by atoms with Crippen molar-refractivity contribution in [2.75, 3.05) is 31.1 Å². The number of para-hydroxylation sites is 2. The highest BCUT2D eigenvalue weighted by molar-refractivity contribution is 5.94. The number of aryl methyl sites for hydroxylation is 1. The number of carbonyl (C=O) groups is 1. The molecule has 1 aliphatic heterocycles. The van der Waals surface area contributed by atoms with Gasteiger partial charge in [-0.3, -0.25) is 9.59 Å². The van der Waals surface area contributed by atoms with Crippen molar-refractivity contribution >= 4 is 22.8 Å². The van der Waals surface area contributed by atoms with Crippen LogP contribution in [0, 0.1) is 12.8 Å². The molecule has 1 aliphatic rings. The van der Waals surface area contributed by atoms with E-state index in [1.807, 2.05) is 69.8 Å². The molecule has 0 aliphatic carbocycles. The predicted octanol–water partition coefficient (Wildman–Crippen LogP) is 3.32. The minimum atomic E-state index is -0.0548. The summed E-state index contributed by atoms with van der Waals surface area (Å²) in [4.78, 5) is 34.7. The van der Waals surface area contributed by atoms with Crippen molar-refractivity contribution in [3.8, 4) is 0 Å². The topological polar surface area (TPSA) is 58.4 Å². The van der Waals surface area contributed by atoms with Crippen molar-refractivity contribution in [2.45, 2.75) is 27.3 Å². The molecule has 3 aromatic rings. The van der Waals surface area contributed by atoms with E-state index in [2.05, 4.69) is 13.8 Å². The van der Waals surface area contributed by atoms with Crippen LogP contribution in [0.25, 0.3) is 11.0 Å². The second-order valence-electron chi connectivity index (χ2n) is 8.38. The zero-order chi connectivity index (χ0) is 21.3. The lowest BCUT2D eigenvalue weighted by atomic mass is 10.1. The molecule has 1 saturated heterocycles. The Morgan fingerprint density at radius 2 is 1.77 bits per heavy atom. The fraction of sp³-hybridized carbons (Fsp3) is 0.375. The average Bonchev–Trinajstić information content (AvgIpc) is 2.75. The minimum Gasteiger partial charge on any atom is -0.348 e. The molecule has 4 rings (SSSR count). The lowest BCUT2D eigenvalue weighted by Gasteiger charge is -2.35. The predicted molar refractivity (Wildman–Crippen MR) is 120 cm³/mol. The van der Waals surface area contributed by atoms with Crippen molar-refractivity contribution in [2.24, 2.45) is 5.92 Å². The monoisotopic (exact) mass is 404 g/mol. The Balaban J connectivity index is 1.58. The second kappa shape index (κ2) is 8.30. The van der Waals surface area contributed by atoms with Crippen molar-refractivity contribution in [3.63, 3.8) is 0 Å². The lowest BCUT2D eigenvalue weighted by Crippen LogP contribution is -2.50. The van der Waals surface area contributed by atoms with E-state index in [9.17, 15) is 9.59 Å². The summed E-state index contributed by atoms with van der Waals surface area (Å²) in [6.07, 6.45) is 0. The molecule has 2 aromatic carbocycles. The largest absolute Gasteiger partial charge is 0.348 e. The number of fused-ring (bicyclic) bond motifs is 1. The highest BCUT2D eigenvalue weighted by Gasteiger charge is 2.25. The fourth-order valence-corrected chi connectivity index (χ4v) is 4.01. The third-order valence-electron chi connectivity index (χ3n) is 5.51. The van der Waals surface area contributed by atoms with E-state index < -0.39 is 0 Å². The SMILES string of the molecule is Cc1cccc(C(=O)N2CCN(c3nc4ccccc4n(CC(C)C)c3=O)CC2)c1. The van der Waals surface area contributed by atoms with E-state index in [1.165, 1.54) is 0 Å². The van der Waals surface area contributed by atoms with Crippen LogP contribution in [-0.4, -0.2) is 46.5 Å². The van der Waals surface area contributed by atoms with Crippen LogP contribution in [0.4, 0.5) is 5.82 Å². The summed E-state index contributed by atoms with van der Waals surface area (Å²) in [7, 11) is 0. The maximum absolute atomic E-state index is 13.3. The maximum Gasteiger partial charge on any atom is 0.294 e. The number of amides is 1. The molecular formula is C24H28N4O2. The minimum absolute atomic E-state index is 0.0436. The number of anilines is 1. The van der Waals surface area contributed by atoms with E-state index >= 15 is 0 Å². The van der Waals surface area contributed by atoms with Crippen LogP contribution in [-0.2, 0) is 6.54 Å². The number of hydrogen-bond acceptors (Lipinski definition) is 4. The number of aromatic nitrogens is 2. The quantitative estimate of drug-likeness (QED) is 0.669. The molecule has 0 atom stereocenters. The van der Waals surface area contributed by atoms with Crippen LogP contribution in [0.2, 0.25) is 0 Å². The summed E-state index contributed by atoms with van der Waals surface area (Å²) in [6.45, 7) is 9.20. The van der Waals surface area contributed by atoms with Gasteiger partial charge in [-0.2, -0.15) is 0 Å². The third-order valence-corrected chi connectivity index (χ3v) is 5.51. The van der Waals surface area contributed by atoms with E-state index in [0.717, 1.165) is 16.6 Å². The van der Waals surface area contributed by atoms with E-state index in [0.29, 0.717) is 50.0 Å². The Morgan fingerprint density at radius 1 is 1.03 bits per heavy atom. The normalized spacial score (nSPS) is 14.5. The van der Waals surface area contributed by atoms with Crippen LogP contribution in [0.3, 0.4) is 0 Å². The second-order valence-corrected chi connectivity index (χ2v) is 8.38. The first kappa shape index (κ1) is 20.1. The first-order chi connectivity index (χ1) is 14.4. The molecule has 0 N–H and O–H groups in total. The van der Waals surface area contributed by atoms with Gasteiger partial charge in [-0.05, 0) is 37.1 Å². The Labute approximate surface area is 176 Å². The molecular weight excluding hydrogens is 376 g/mol. The number of benzene rings is 2. The van der Waals surface area contributed by atoms with Gasteiger partial charge in [0.1, 0.15) is 0 Å². The number of carbonyl (C=O) groups excluding carboxylic acids is 1. The van der Waals surface area contributed by atoms with E-state index in [4.69, 9.17) is 4.98 Å². The van der Waals surface area contributed by atoms with Gasteiger partial charge in [0.2, 0.25) is 0 Å². The van der Waals surface area contributed by atoms with E-state index in [1.54, 1.807) is 0 Å². The highest BCUT2D eigenvalue weighted by Crippen LogP contribution is 2.18. The summed E-state index contributed by atoms with van der Waals surface area (Å²) in [6, 6.07) is 15.5. The van der Waals surface area contributed by atoms with Gasteiger partial charge in [-0.1, -0.05) is 43.7 Å². The van der Waals surface area contributed by atoms with Crippen LogP contribution in [0.1, 0.15) is 29.8 Å². The molecule has 2 heterocycles. The molecule has 156 valence electrons. The van der Waals surface area contributed by atoms with Gasteiger partial charge in [0.15, 0.2) is 5.82 Å². The fourth-order valence-electron chi connectivity index (χ4n) is 4.01. The van der Waals surface area contributed by atoms with Gasteiger partial charge in [-0.15, -0.1) is 0 Å². The summed E-state index contributed by atoms with van der Waals surface area (Å²) in [5, 5.41) is 0. The van der Waals surface area contributed by atoms with Gasteiger partial charge in [0, 0.05) is 38.3 Å². The number of rotatable bonds is 4. The van der Waals surface area contributed by atoms with Crippen LogP contribution in [0.15, 0.2) is 53.3 Å². The molecule has 1 aromatic heterocycles. The molecule has 6 heteroatoms. The highest BCUT2D eigenvalue weighted by atomic mass is 16.2. The molecule has 0 unspecified atom stereocenters. The van der Waals surface area contributed by atoms with Gasteiger partial charge >= 0.3 is 0 Å². The molecule has 1 fully saturated rings. The smallest absolute Gasteiger partial charge is 0.294 e. The van der Waals surface area contributed by atoms with Gasteiger partial charge in [-0.25, -0.2) is 4.98 Å². The summed E-state index contributed by atoms with van der Waals surface area (Å²) < 4.78 is 1.84. The van der Waals surface area contributed by atoms with Crippen molar-refractivity contribution in [1.82, 2.24) is 14.5 Å². The van der Waals surface area contributed by atoms with Crippen molar-refractivity contribution in [3.05, 3.63) is 70.0 Å². The first-order valence-corrected chi connectivity index (χ1v) is 10.5. The lowest BCUT2D eigenvalue weighted by molar-refractivity contribution is 0.0746. The van der Waals surface area contributed by atoms with Crippen LogP contribution < -0.4 is 10.5 Å². The van der Waals surface area contributed by atoms with Crippen molar-refractivity contribution in [1.29, 1.82) is 0 Å². The number of nitrogens with zero attached hydrogens (tertiary/aromatic N) is 4. The van der Waals surface area contributed by atoms with Gasteiger partial charge in [0.05, 0.1) is 11.0 Å². The molecule has 30 heavy (non-hydrogen) atoms. The Hall–Kier alpha value is -3.15. The molecule has 0 saturated carbocycles. The maximum atomic E-state index is 13.3. The molecule has 1 amide bonds. The van der Waals surface area contributed by atoms with Crippen molar-refractivity contribution < 1.29 is 4.79 Å². The number of hydrogen-bond donors (Lipinski definition) is 0. The van der Waals surface area contributed by atoms with Crippen LogP contribution >= 0.6 is 0 Å². The summed E-state index contributed by atoms with van der Waals surface area (Å²) in [5.41, 5.74) is 3.43. The van der Waals surface area contributed by atoms with Gasteiger partial charge in [0.25, 0.3) is 11.5 Å². The number of piperazine rings is 1. The Morgan fingerprint density at radius 3 is 2.47 bits per heavy atom. The van der Waals surface area contributed by atoms with Gasteiger partial charge < -0.3 is 14.4 Å². The molecule has 0 spiro atoms. The standard InChI is InChI=1S/C24H28N4O2/c1-17(2)16-28-21-10-5-4-9-20(21)25-22(24(28)30)26-11-13-27(14-12-26)23(29)19-8-6-7-18(3)15-19/h4-10,15,17H,11-14,16H2,1-3H3. The van der Waals surface area contributed by atoms with Crippen LogP contribution in [0.5, 0.6) is 0 Å². The zero-order valence-electron chi connectivity index (χ0n) is 17.8. The Kier molecular flexibility index (Phi) is 5.57. The molecule has 0 radical (unpaired) electrons. The van der Waals surface area contributed by atoms with E-state index in [-0.39, 0.29) is 11.5 Å². The molecule has 0 bridgehead atoms. The summed E-state index contributed by atoms with van der Waals surface area (Å²) in [5.74, 6) is 0.879. The summed E-state index contributed by atoms with van der Waals surface area (Å²) >= 11 is 0. The zero-order valence-corrected chi connectivity index (χ0v) is 17.8. The molecule has 6 nitrogen and oxygen atoms in total. The average molecular weight is 405 g/mol.